The third-order valence-corrected chi connectivity index (χ3v) is 7.18. The molecular formula is C14H16ClN3O3S2. The van der Waals surface area contributed by atoms with Crippen LogP contribution in [0.4, 0.5) is 5.69 Å². The molecule has 3 heterocycles. The molecule has 0 atom stereocenters. The van der Waals surface area contributed by atoms with Crippen LogP contribution in [-0.4, -0.2) is 44.0 Å². The van der Waals surface area contributed by atoms with Gasteiger partial charge < -0.3 is 10.1 Å². The number of pyridine rings is 1. The first kappa shape index (κ1) is 16.7. The number of morpholine rings is 1. The van der Waals surface area contributed by atoms with Gasteiger partial charge in [0.15, 0.2) is 0 Å². The molecule has 0 bridgehead atoms. The summed E-state index contributed by atoms with van der Waals surface area (Å²) in [6.45, 7) is 2.20. The Hall–Kier alpha value is -1.19. The Morgan fingerprint density at radius 2 is 2.09 bits per heavy atom. The molecule has 0 spiro atoms. The van der Waals surface area contributed by atoms with Crippen molar-refractivity contribution in [3.63, 3.8) is 0 Å². The van der Waals surface area contributed by atoms with Gasteiger partial charge >= 0.3 is 0 Å². The van der Waals surface area contributed by atoms with Crippen LogP contribution in [0.3, 0.4) is 0 Å². The Kier molecular flexibility index (Phi) is 5.17. The first-order valence-corrected chi connectivity index (χ1v) is 9.71. The van der Waals surface area contributed by atoms with Crippen molar-refractivity contribution in [2.45, 2.75) is 10.8 Å². The minimum Gasteiger partial charge on any atom is -0.379 e. The van der Waals surface area contributed by atoms with Crippen molar-refractivity contribution in [2.75, 3.05) is 31.6 Å². The highest BCUT2D eigenvalue weighted by Crippen LogP contribution is 2.27. The molecule has 124 valence electrons. The predicted octanol–water partition coefficient (Wildman–Crippen LogP) is 2.43. The van der Waals surface area contributed by atoms with Crippen LogP contribution in [0, 0.1) is 0 Å². The molecule has 1 saturated heterocycles. The van der Waals surface area contributed by atoms with Crippen LogP contribution in [0.1, 0.15) is 4.88 Å². The van der Waals surface area contributed by atoms with Crippen molar-refractivity contribution in [3.8, 4) is 0 Å². The Bertz CT molecular complexity index is 773. The van der Waals surface area contributed by atoms with Gasteiger partial charge in [0.2, 0.25) is 0 Å². The van der Waals surface area contributed by atoms with E-state index in [2.05, 4.69) is 10.3 Å². The van der Waals surface area contributed by atoms with Crippen LogP contribution in [0.25, 0.3) is 0 Å². The molecule has 0 unspecified atom stereocenters. The average Bonchev–Trinajstić information content (AvgIpc) is 3.05. The van der Waals surface area contributed by atoms with E-state index < -0.39 is 10.0 Å². The molecule has 9 heteroatoms. The van der Waals surface area contributed by atoms with E-state index in [0.29, 0.717) is 42.1 Å². The molecule has 0 radical (unpaired) electrons. The Morgan fingerprint density at radius 1 is 1.30 bits per heavy atom. The third kappa shape index (κ3) is 3.84. The number of anilines is 1. The van der Waals surface area contributed by atoms with Crippen molar-refractivity contribution in [1.82, 2.24) is 9.29 Å². The lowest BCUT2D eigenvalue weighted by atomic mass is 10.4. The zero-order chi connectivity index (χ0) is 16.3. The number of halogens is 1. The summed E-state index contributed by atoms with van der Waals surface area (Å²) < 4.78 is 32.2. The standard InChI is InChI=1S/C14H16ClN3O3S2/c15-12-10-16-4-3-13(12)17-9-11-1-2-14(22-11)23(19,20)18-5-7-21-8-6-18/h1-4,10H,5-9H2,(H,16,17). The number of rotatable bonds is 5. The largest absolute Gasteiger partial charge is 0.379 e. The van der Waals surface area contributed by atoms with Crippen LogP contribution in [-0.2, 0) is 21.3 Å². The number of nitrogens with one attached hydrogen (secondary N) is 1. The van der Waals surface area contributed by atoms with E-state index in [1.807, 2.05) is 6.07 Å². The smallest absolute Gasteiger partial charge is 0.252 e. The number of ether oxygens (including phenoxy) is 1. The summed E-state index contributed by atoms with van der Waals surface area (Å²) in [7, 11) is -3.42. The topological polar surface area (TPSA) is 71.5 Å². The van der Waals surface area contributed by atoms with E-state index in [1.165, 1.54) is 15.6 Å². The second-order valence-electron chi connectivity index (χ2n) is 4.95. The van der Waals surface area contributed by atoms with Gasteiger partial charge in [-0.3, -0.25) is 4.98 Å². The molecule has 1 fully saturated rings. The van der Waals surface area contributed by atoms with E-state index in [0.717, 1.165) is 10.6 Å². The van der Waals surface area contributed by atoms with Gasteiger partial charge in [0.25, 0.3) is 10.0 Å². The molecule has 0 saturated carbocycles. The first-order chi connectivity index (χ1) is 11.1. The molecule has 23 heavy (non-hydrogen) atoms. The van der Waals surface area contributed by atoms with Gasteiger partial charge in [-0.25, -0.2) is 8.42 Å². The summed E-state index contributed by atoms with van der Waals surface area (Å²) in [5.74, 6) is 0. The van der Waals surface area contributed by atoms with Crippen LogP contribution in [0.2, 0.25) is 5.02 Å². The zero-order valence-electron chi connectivity index (χ0n) is 12.2. The van der Waals surface area contributed by atoms with Crippen LogP contribution in [0.5, 0.6) is 0 Å². The quantitative estimate of drug-likeness (QED) is 0.871. The molecule has 1 aliphatic heterocycles. The molecule has 0 aromatic carbocycles. The van der Waals surface area contributed by atoms with Gasteiger partial charge in [0.05, 0.1) is 23.9 Å². The molecule has 2 aromatic heterocycles. The third-order valence-electron chi connectivity index (χ3n) is 3.43. The molecule has 1 N–H and O–H groups in total. The highest BCUT2D eigenvalue weighted by molar-refractivity contribution is 7.91. The van der Waals surface area contributed by atoms with Gasteiger partial charge in [-0.1, -0.05) is 11.6 Å². The van der Waals surface area contributed by atoms with Crippen LogP contribution in [0.15, 0.2) is 34.8 Å². The lowest BCUT2D eigenvalue weighted by Crippen LogP contribution is -2.40. The second kappa shape index (κ2) is 7.14. The van der Waals surface area contributed by atoms with Crippen LogP contribution >= 0.6 is 22.9 Å². The summed E-state index contributed by atoms with van der Waals surface area (Å²) in [5.41, 5.74) is 0.771. The molecule has 0 aliphatic carbocycles. The number of nitrogens with zero attached hydrogens (tertiary/aromatic N) is 2. The van der Waals surface area contributed by atoms with Crippen molar-refractivity contribution >= 4 is 38.6 Å². The van der Waals surface area contributed by atoms with Gasteiger partial charge in [-0.15, -0.1) is 11.3 Å². The fourth-order valence-electron chi connectivity index (χ4n) is 2.21. The van der Waals surface area contributed by atoms with E-state index in [9.17, 15) is 8.42 Å². The lowest BCUT2D eigenvalue weighted by Gasteiger charge is -2.25. The number of aromatic nitrogens is 1. The summed E-state index contributed by atoms with van der Waals surface area (Å²) in [6.07, 6.45) is 3.21. The summed E-state index contributed by atoms with van der Waals surface area (Å²) in [4.78, 5) is 4.84. The normalized spacial score (nSPS) is 16.4. The first-order valence-electron chi connectivity index (χ1n) is 7.07. The summed E-state index contributed by atoms with van der Waals surface area (Å²) in [6, 6.07) is 5.25. The number of hydrogen-bond donors (Lipinski definition) is 1. The maximum Gasteiger partial charge on any atom is 0.252 e. The Morgan fingerprint density at radius 3 is 2.83 bits per heavy atom. The second-order valence-corrected chi connectivity index (χ2v) is 8.69. The number of hydrogen-bond acceptors (Lipinski definition) is 6. The SMILES string of the molecule is O=S(=O)(c1ccc(CNc2ccncc2Cl)s1)N1CCOCC1. The minimum atomic E-state index is -3.42. The molecule has 3 rings (SSSR count). The van der Waals surface area contributed by atoms with Crippen LogP contribution < -0.4 is 5.32 Å². The van der Waals surface area contributed by atoms with Crippen molar-refractivity contribution < 1.29 is 13.2 Å². The minimum absolute atomic E-state index is 0.358. The number of sulfonamides is 1. The maximum atomic E-state index is 12.6. The van der Waals surface area contributed by atoms with Gasteiger partial charge in [-0.05, 0) is 18.2 Å². The number of thiophene rings is 1. The monoisotopic (exact) mass is 373 g/mol. The highest BCUT2D eigenvalue weighted by atomic mass is 35.5. The van der Waals surface area contributed by atoms with Gasteiger partial charge in [0, 0.05) is 36.9 Å². The van der Waals surface area contributed by atoms with Gasteiger partial charge in [-0.2, -0.15) is 4.31 Å². The van der Waals surface area contributed by atoms with Crippen molar-refractivity contribution in [3.05, 3.63) is 40.5 Å². The Balaban J connectivity index is 1.69. The molecule has 0 amide bonds. The lowest BCUT2D eigenvalue weighted by molar-refractivity contribution is 0.0731. The highest BCUT2D eigenvalue weighted by Gasteiger charge is 2.27. The van der Waals surface area contributed by atoms with Crippen molar-refractivity contribution in [1.29, 1.82) is 0 Å². The predicted molar refractivity (Wildman–Crippen MR) is 90.5 cm³/mol. The molecule has 2 aromatic rings. The fraction of sp³-hybridized carbons (Fsp3) is 0.357. The Labute approximate surface area is 144 Å². The summed E-state index contributed by atoms with van der Waals surface area (Å²) in [5, 5.41) is 3.72. The van der Waals surface area contributed by atoms with E-state index in [-0.39, 0.29) is 0 Å². The van der Waals surface area contributed by atoms with E-state index >= 15 is 0 Å². The van der Waals surface area contributed by atoms with Crippen molar-refractivity contribution in [2.24, 2.45) is 0 Å². The van der Waals surface area contributed by atoms with E-state index in [1.54, 1.807) is 24.5 Å². The molecule has 6 nitrogen and oxygen atoms in total. The van der Waals surface area contributed by atoms with Gasteiger partial charge in [0.1, 0.15) is 4.21 Å². The van der Waals surface area contributed by atoms with E-state index in [4.69, 9.17) is 16.3 Å². The fourth-order valence-corrected chi connectivity index (χ4v) is 5.25. The maximum absolute atomic E-state index is 12.6. The molecular weight excluding hydrogens is 358 g/mol. The zero-order valence-corrected chi connectivity index (χ0v) is 14.6. The average molecular weight is 374 g/mol. The summed E-state index contributed by atoms with van der Waals surface area (Å²) >= 11 is 7.30. The molecule has 1 aliphatic rings.